The molecule has 190 valence electrons. The number of piperazine rings is 1. The summed E-state index contributed by atoms with van der Waals surface area (Å²) in [6, 6.07) is 8.43. The smallest absolute Gasteiger partial charge is 0.282 e. The van der Waals surface area contributed by atoms with Crippen molar-refractivity contribution in [2.45, 2.75) is 13.0 Å². The lowest BCUT2D eigenvalue weighted by molar-refractivity contribution is 0.00824. The standard InChI is InChI=1S/C27H28N6O3S/c1-17-22-12-18(19-11-21(36-2)14-28-13-19)3-4-23(22)30-24(17)26(34)33-15-20(16-33)31-6-8-32(9-7-31)27(35)25-29-5-10-37-25/h3-5,10-14,20,30H,6-9,15-16H2,1-2H3. The molecule has 2 aliphatic heterocycles. The Kier molecular flexibility index (Phi) is 6.13. The summed E-state index contributed by atoms with van der Waals surface area (Å²) in [4.78, 5) is 43.8. The Hall–Kier alpha value is -3.76. The Bertz CT molecular complexity index is 1450. The molecule has 0 unspecified atom stereocenters. The molecule has 2 saturated heterocycles. The Morgan fingerprint density at radius 3 is 2.57 bits per heavy atom. The summed E-state index contributed by atoms with van der Waals surface area (Å²) in [6.07, 6.45) is 5.16. The van der Waals surface area contributed by atoms with Crippen LogP contribution >= 0.6 is 11.3 Å². The lowest BCUT2D eigenvalue weighted by atomic mass is 10.0. The molecule has 10 heteroatoms. The van der Waals surface area contributed by atoms with Crippen molar-refractivity contribution in [1.82, 2.24) is 29.7 Å². The fourth-order valence-corrected chi connectivity index (χ4v) is 5.78. The first-order chi connectivity index (χ1) is 18.0. The number of thiazole rings is 1. The van der Waals surface area contributed by atoms with Crippen LogP contribution in [0.5, 0.6) is 5.75 Å². The topological polar surface area (TPSA) is 94.7 Å². The molecule has 0 atom stereocenters. The lowest BCUT2D eigenvalue weighted by Gasteiger charge is -2.48. The first-order valence-electron chi connectivity index (χ1n) is 12.4. The van der Waals surface area contributed by atoms with Crippen LogP contribution in [0.1, 0.15) is 25.9 Å². The highest BCUT2D eigenvalue weighted by Gasteiger charge is 2.38. The van der Waals surface area contributed by atoms with Gasteiger partial charge in [-0.15, -0.1) is 11.3 Å². The van der Waals surface area contributed by atoms with Crippen LogP contribution in [0.15, 0.2) is 48.2 Å². The van der Waals surface area contributed by atoms with Gasteiger partial charge in [0.25, 0.3) is 11.8 Å². The normalized spacial score (nSPS) is 16.7. The van der Waals surface area contributed by atoms with Gasteiger partial charge in [-0.2, -0.15) is 0 Å². The number of methoxy groups -OCH3 is 1. The molecule has 0 aliphatic carbocycles. The van der Waals surface area contributed by atoms with Crippen molar-refractivity contribution in [2.75, 3.05) is 46.4 Å². The van der Waals surface area contributed by atoms with Gasteiger partial charge in [-0.3, -0.25) is 19.5 Å². The van der Waals surface area contributed by atoms with Gasteiger partial charge in [0.1, 0.15) is 11.4 Å². The molecule has 5 heterocycles. The Morgan fingerprint density at radius 1 is 1.03 bits per heavy atom. The van der Waals surface area contributed by atoms with Crippen molar-refractivity contribution < 1.29 is 14.3 Å². The summed E-state index contributed by atoms with van der Waals surface area (Å²) >= 11 is 1.38. The van der Waals surface area contributed by atoms with E-state index < -0.39 is 0 Å². The predicted molar refractivity (Wildman–Crippen MR) is 142 cm³/mol. The molecule has 9 nitrogen and oxygen atoms in total. The van der Waals surface area contributed by atoms with Crippen LogP contribution in [0.3, 0.4) is 0 Å². The van der Waals surface area contributed by atoms with Crippen LogP contribution in [0, 0.1) is 6.92 Å². The third kappa shape index (κ3) is 4.36. The first-order valence-corrected chi connectivity index (χ1v) is 13.2. The van der Waals surface area contributed by atoms with Crippen molar-refractivity contribution in [1.29, 1.82) is 0 Å². The maximum Gasteiger partial charge on any atom is 0.282 e. The summed E-state index contributed by atoms with van der Waals surface area (Å²) in [5.74, 6) is 0.756. The minimum Gasteiger partial charge on any atom is -0.495 e. The number of ether oxygens (including phenoxy) is 1. The van der Waals surface area contributed by atoms with E-state index in [0.29, 0.717) is 48.7 Å². The fourth-order valence-electron chi connectivity index (χ4n) is 5.17. The number of nitrogens with one attached hydrogen (secondary N) is 1. The van der Waals surface area contributed by atoms with Crippen molar-refractivity contribution in [3.8, 4) is 16.9 Å². The summed E-state index contributed by atoms with van der Waals surface area (Å²) in [6.45, 7) is 6.41. The number of fused-ring (bicyclic) bond motifs is 1. The third-order valence-corrected chi connectivity index (χ3v) is 8.20. The van der Waals surface area contributed by atoms with Crippen LogP contribution in [0.4, 0.5) is 0 Å². The van der Waals surface area contributed by atoms with E-state index in [1.54, 1.807) is 19.5 Å². The van der Waals surface area contributed by atoms with Gasteiger partial charge in [0, 0.05) is 79.6 Å². The fraction of sp³-hybridized carbons (Fsp3) is 0.333. The van der Waals surface area contributed by atoms with E-state index in [1.807, 2.05) is 46.5 Å². The molecule has 2 amide bonds. The summed E-state index contributed by atoms with van der Waals surface area (Å²) in [5, 5.41) is 3.41. The number of hydrogen-bond acceptors (Lipinski definition) is 7. The summed E-state index contributed by atoms with van der Waals surface area (Å²) < 4.78 is 5.31. The second kappa shape index (κ2) is 9.60. The van der Waals surface area contributed by atoms with E-state index in [0.717, 1.165) is 40.7 Å². The van der Waals surface area contributed by atoms with Crippen molar-refractivity contribution in [2.24, 2.45) is 0 Å². The number of likely N-dealkylation sites (tertiary alicyclic amines) is 1. The van der Waals surface area contributed by atoms with E-state index in [4.69, 9.17) is 4.74 Å². The highest BCUT2D eigenvalue weighted by molar-refractivity contribution is 7.11. The number of rotatable bonds is 5. The highest BCUT2D eigenvalue weighted by atomic mass is 32.1. The SMILES string of the molecule is COc1cncc(-c2ccc3[nH]c(C(=O)N4CC(N5CCN(C(=O)c6nccs6)CC5)C4)c(C)c3c2)c1. The average molecular weight is 517 g/mol. The molecule has 37 heavy (non-hydrogen) atoms. The molecule has 1 aromatic carbocycles. The van der Waals surface area contributed by atoms with E-state index >= 15 is 0 Å². The number of nitrogens with zero attached hydrogens (tertiary/aromatic N) is 5. The molecule has 3 aromatic heterocycles. The van der Waals surface area contributed by atoms with E-state index in [1.165, 1.54) is 11.3 Å². The quantitative estimate of drug-likeness (QED) is 0.438. The largest absolute Gasteiger partial charge is 0.495 e. The molecule has 2 aliphatic rings. The van der Waals surface area contributed by atoms with Gasteiger partial charge in [0.15, 0.2) is 5.01 Å². The van der Waals surface area contributed by atoms with Crippen LogP contribution in [-0.2, 0) is 0 Å². The van der Waals surface area contributed by atoms with Gasteiger partial charge in [0.05, 0.1) is 13.3 Å². The number of pyridine rings is 1. The molecule has 1 N–H and O–H groups in total. The van der Waals surface area contributed by atoms with Gasteiger partial charge >= 0.3 is 0 Å². The monoisotopic (exact) mass is 516 g/mol. The van der Waals surface area contributed by atoms with Crippen molar-refractivity contribution in [3.05, 3.63) is 64.5 Å². The van der Waals surface area contributed by atoms with Crippen LogP contribution < -0.4 is 4.74 Å². The van der Waals surface area contributed by atoms with Gasteiger partial charge in [-0.25, -0.2) is 4.98 Å². The zero-order chi connectivity index (χ0) is 25.5. The Balaban J connectivity index is 1.10. The molecule has 2 fully saturated rings. The number of aromatic amines is 1. The lowest BCUT2D eigenvalue weighted by Crippen LogP contribution is -2.64. The number of hydrogen-bond donors (Lipinski definition) is 1. The number of aryl methyl sites for hydroxylation is 1. The minimum atomic E-state index is 0.0140. The van der Waals surface area contributed by atoms with Crippen LogP contribution in [0.2, 0.25) is 0 Å². The van der Waals surface area contributed by atoms with Crippen molar-refractivity contribution >= 4 is 34.1 Å². The van der Waals surface area contributed by atoms with Gasteiger partial charge in [-0.1, -0.05) is 6.07 Å². The number of carbonyl (C=O) groups excluding carboxylic acids is 2. The predicted octanol–water partition coefficient (Wildman–Crippen LogP) is 3.29. The molecule has 6 rings (SSSR count). The van der Waals surface area contributed by atoms with E-state index in [9.17, 15) is 9.59 Å². The maximum absolute atomic E-state index is 13.3. The van der Waals surface area contributed by atoms with Crippen LogP contribution in [-0.4, -0.2) is 93.9 Å². The van der Waals surface area contributed by atoms with Crippen LogP contribution in [0.25, 0.3) is 22.0 Å². The molecule has 0 saturated carbocycles. The first kappa shape index (κ1) is 23.6. The summed E-state index contributed by atoms with van der Waals surface area (Å²) in [7, 11) is 1.63. The molecule has 0 bridgehead atoms. The zero-order valence-corrected chi connectivity index (χ0v) is 21.6. The Labute approximate surface area is 218 Å². The number of amides is 2. The van der Waals surface area contributed by atoms with Crippen molar-refractivity contribution in [3.63, 3.8) is 0 Å². The Morgan fingerprint density at radius 2 is 1.84 bits per heavy atom. The number of H-pyrrole nitrogens is 1. The molecule has 0 spiro atoms. The molecule has 4 aromatic rings. The second-order valence-electron chi connectivity index (χ2n) is 9.53. The summed E-state index contributed by atoms with van der Waals surface area (Å²) in [5.41, 5.74) is 4.53. The second-order valence-corrected chi connectivity index (χ2v) is 10.4. The molecule has 0 radical (unpaired) electrons. The molecular formula is C27H28N6O3S. The van der Waals surface area contributed by atoms with Gasteiger partial charge in [0.2, 0.25) is 0 Å². The van der Waals surface area contributed by atoms with E-state index in [2.05, 4.69) is 25.9 Å². The number of carbonyl (C=O) groups is 2. The number of benzene rings is 1. The zero-order valence-electron chi connectivity index (χ0n) is 20.8. The van der Waals surface area contributed by atoms with E-state index in [-0.39, 0.29) is 11.8 Å². The highest BCUT2D eigenvalue weighted by Crippen LogP contribution is 2.30. The third-order valence-electron chi connectivity index (χ3n) is 7.44. The average Bonchev–Trinajstić information content (AvgIpc) is 3.56. The van der Waals surface area contributed by atoms with Gasteiger partial charge < -0.3 is 19.5 Å². The van der Waals surface area contributed by atoms with Gasteiger partial charge in [-0.05, 0) is 36.2 Å². The minimum absolute atomic E-state index is 0.0140. The number of aromatic nitrogens is 3. The maximum atomic E-state index is 13.3. The molecular weight excluding hydrogens is 488 g/mol.